The van der Waals surface area contributed by atoms with Crippen LogP contribution in [-0.2, 0) is 5.54 Å². The molecule has 0 radical (unpaired) electrons. The minimum absolute atomic E-state index is 0.0161. The molecule has 0 saturated heterocycles. The fraction of sp³-hybridized carbons (Fsp3) is 0.500. The first-order valence-electron chi connectivity index (χ1n) is 4.35. The predicted molar refractivity (Wildman–Crippen MR) is 48.8 cm³/mol. The fourth-order valence-electron chi connectivity index (χ4n) is 1.58. The molecule has 1 aliphatic carbocycles. The molecule has 1 aliphatic rings. The molecule has 1 fully saturated rings. The molecule has 0 atom stereocenters. The molecule has 1 heterocycles. The van der Waals surface area contributed by atoms with Crippen molar-refractivity contribution in [2.75, 3.05) is 0 Å². The number of hydrogen-bond acceptors (Lipinski definition) is 2. The Morgan fingerprint density at radius 3 is 2.67 bits per heavy atom. The topological polar surface area (TPSA) is 38.9 Å². The molecule has 1 aromatic rings. The lowest BCUT2D eigenvalue weighted by Gasteiger charge is -2.13. The van der Waals surface area contributed by atoms with Crippen molar-refractivity contribution in [2.45, 2.75) is 32.2 Å². The van der Waals surface area contributed by atoms with Gasteiger partial charge < -0.3 is 5.73 Å². The van der Waals surface area contributed by atoms with Crippen LogP contribution in [0.15, 0.2) is 12.3 Å². The Hall–Kier alpha value is -0.890. The maximum atomic E-state index is 6.11. The second-order valence-corrected chi connectivity index (χ2v) is 3.73. The van der Waals surface area contributed by atoms with Crippen molar-refractivity contribution in [3.8, 4) is 0 Å². The first-order valence-corrected chi connectivity index (χ1v) is 4.35. The third-order valence-corrected chi connectivity index (χ3v) is 2.78. The minimum atomic E-state index is -0.0161. The zero-order valence-corrected chi connectivity index (χ0v) is 7.59. The Bertz CT molecular complexity index is 314. The molecule has 2 N–H and O–H groups in total. The zero-order valence-electron chi connectivity index (χ0n) is 7.59. The molecular weight excluding hydrogens is 148 g/mol. The van der Waals surface area contributed by atoms with Gasteiger partial charge in [0.05, 0.1) is 0 Å². The highest BCUT2D eigenvalue weighted by molar-refractivity contribution is 5.37. The standard InChI is InChI=1S/C10H14N2/c1-7-8(2)12-6-3-9(7)10(11)4-5-10/h3,6H,4-5,11H2,1-2H3. The summed E-state index contributed by atoms with van der Waals surface area (Å²) in [6.07, 6.45) is 4.10. The van der Waals surface area contributed by atoms with Crippen molar-refractivity contribution in [2.24, 2.45) is 5.73 Å². The van der Waals surface area contributed by atoms with Gasteiger partial charge >= 0.3 is 0 Å². The van der Waals surface area contributed by atoms with Crippen molar-refractivity contribution < 1.29 is 0 Å². The molecule has 0 amide bonds. The van der Waals surface area contributed by atoms with E-state index < -0.39 is 0 Å². The summed E-state index contributed by atoms with van der Waals surface area (Å²) in [5.41, 5.74) is 9.74. The van der Waals surface area contributed by atoms with Crippen LogP contribution < -0.4 is 5.73 Å². The van der Waals surface area contributed by atoms with Crippen molar-refractivity contribution in [3.63, 3.8) is 0 Å². The van der Waals surface area contributed by atoms with E-state index in [1.165, 1.54) is 11.1 Å². The number of nitrogens with zero attached hydrogens (tertiary/aromatic N) is 1. The molecule has 1 saturated carbocycles. The largest absolute Gasteiger partial charge is 0.321 e. The average Bonchev–Trinajstić information content (AvgIpc) is 2.75. The Morgan fingerprint density at radius 1 is 1.42 bits per heavy atom. The number of pyridine rings is 1. The molecule has 2 heteroatoms. The molecule has 0 unspecified atom stereocenters. The maximum absolute atomic E-state index is 6.11. The second-order valence-electron chi connectivity index (χ2n) is 3.73. The highest BCUT2D eigenvalue weighted by Gasteiger charge is 2.41. The van der Waals surface area contributed by atoms with Gasteiger partial charge in [0, 0.05) is 17.4 Å². The first kappa shape index (κ1) is 7.74. The number of aryl methyl sites for hydroxylation is 1. The summed E-state index contributed by atoms with van der Waals surface area (Å²) in [5.74, 6) is 0. The quantitative estimate of drug-likeness (QED) is 0.682. The Labute approximate surface area is 72.8 Å². The molecule has 64 valence electrons. The monoisotopic (exact) mass is 162 g/mol. The number of hydrogen-bond donors (Lipinski definition) is 1. The van der Waals surface area contributed by atoms with Crippen LogP contribution in [0.1, 0.15) is 29.7 Å². The zero-order chi connectivity index (χ0) is 8.77. The molecule has 12 heavy (non-hydrogen) atoms. The smallest absolute Gasteiger partial charge is 0.0415 e. The highest BCUT2D eigenvalue weighted by atomic mass is 14.8. The van der Waals surface area contributed by atoms with Crippen LogP contribution in [0.25, 0.3) is 0 Å². The van der Waals surface area contributed by atoms with Crippen molar-refractivity contribution >= 4 is 0 Å². The Kier molecular flexibility index (Phi) is 1.48. The van der Waals surface area contributed by atoms with E-state index in [0.29, 0.717) is 0 Å². The van der Waals surface area contributed by atoms with Crippen LogP contribution in [0.2, 0.25) is 0 Å². The lowest BCUT2D eigenvalue weighted by atomic mass is 10.0. The first-order chi connectivity index (χ1) is 5.63. The fourth-order valence-corrected chi connectivity index (χ4v) is 1.58. The van der Waals surface area contributed by atoms with E-state index in [2.05, 4.69) is 18.0 Å². The van der Waals surface area contributed by atoms with Crippen molar-refractivity contribution in [1.82, 2.24) is 4.98 Å². The molecule has 0 aromatic carbocycles. The third kappa shape index (κ3) is 1.03. The molecule has 0 spiro atoms. The minimum Gasteiger partial charge on any atom is -0.321 e. The van der Waals surface area contributed by atoms with Gasteiger partial charge in [-0.25, -0.2) is 0 Å². The SMILES string of the molecule is Cc1nccc(C2(N)CC2)c1C. The van der Waals surface area contributed by atoms with Crippen LogP contribution in [0.5, 0.6) is 0 Å². The summed E-state index contributed by atoms with van der Waals surface area (Å²) in [6, 6.07) is 2.05. The molecular formula is C10H14N2. The summed E-state index contributed by atoms with van der Waals surface area (Å²) >= 11 is 0. The molecule has 0 aliphatic heterocycles. The van der Waals surface area contributed by atoms with E-state index in [4.69, 9.17) is 5.73 Å². The normalized spacial score (nSPS) is 19.2. The van der Waals surface area contributed by atoms with Crippen LogP contribution in [0.3, 0.4) is 0 Å². The summed E-state index contributed by atoms with van der Waals surface area (Å²) in [6.45, 7) is 4.13. The van der Waals surface area contributed by atoms with E-state index in [1.807, 2.05) is 13.1 Å². The van der Waals surface area contributed by atoms with Crippen LogP contribution >= 0.6 is 0 Å². The van der Waals surface area contributed by atoms with E-state index in [9.17, 15) is 0 Å². The van der Waals surface area contributed by atoms with E-state index >= 15 is 0 Å². The lowest BCUT2D eigenvalue weighted by molar-refractivity contribution is 0.728. The number of nitrogens with two attached hydrogens (primary N) is 1. The Morgan fingerprint density at radius 2 is 2.08 bits per heavy atom. The van der Waals surface area contributed by atoms with Gasteiger partial charge in [0.1, 0.15) is 0 Å². The number of aromatic nitrogens is 1. The van der Waals surface area contributed by atoms with E-state index in [-0.39, 0.29) is 5.54 Å². The van der Waals surface area contributed by atoms with Crippen LogP contribution in [-0.4, -0.2) is 4.98 Å². The summed E-state index contributed by atoms with van der Waals surface area (Å²) in [4.78, 5) is 4.23. The molecule has 2 rings (SSSR count). The van der Waals surface area contributed by atoms with Gasteiger partial charge in [-0.05, 0) is 43.9 Å². The Balaban J connectivity index is 2.51. The number of rotatable bonds is 1. The van der Waals surface area contributed by atoms with E-state index in [1.54, 1.807) is 0 Å². The van der Waals surface area contributed by atoms with Crippen molar-refractivity contribution in [3.05, 3.63) is 29.1 Å². The summed E-state index contributed by atoms with van der Waals surface area (Å²) in [5, 5.41) is 0. The van der Waals surface area contributed by atoms with Crippen LogP contribution in [0, 0.1) is 13.8 Å². The van der Waals surface area contributed by atoms with Crippen LogP contribution in [0.4, 0.5) is 0 Å². The van der Waals surface area contributed by atoms with Gasteiger partial charge in [0.25, 0.3) is 0 Å². The summed E-state index contributed by atoms with van der Waals surface area (Å²) < 4.78 is 0. The molecule has 0 bridgehead atoms. The summed E-state index contributed by atoms with van der Waals surface area (Å²) in [7, 11) is 0. The average molecular weight is 162 g/mol. The van der Waals surface area contributed by atoms with Gasteiger partial charge in [-0.1, -0.05) is 0 Å². The third-order valence-electron chi connectivity index (χ3n) is 2.78. The highest BCUT2D eigenvalue weighted by Crippen LogP contribution is 2.43. The van der Waals surface area contributed by atoms with Gasteiger partial charge in [-0.15, -0.1) is 0 Å². The molecule has 1 aromatic heterocycles. The molecule has 2 nitrogen and oxygen atoms in total. The van der Waals surface area contributed by atoms with Crippen molar-refractivity contribution in [1.29, 1.82) is 0 Å². The second kappa shape index (κ2) is 2.30. The van der Waals surface area contributed by atoms with Gasteiger partial charge in [-0.3, -0.25) is 4.98 Å². The van der Waals surface area contributed by atoms with Gasteiger partial charge in [0.15, 0.2) is 0 Å². The van der Waals surface area contributed by atoms with E-state index in [0.717, 1.165) is 18.5 Å². The predicted octanol–water partition coefficient (Wildman–Crippen LogP) is 1.65. The van der Waals surface area contributed by atoms with Gasteiger partial charge in [0.2, 0.25) is 0 Å². The van der Waals surface area contributed by atoms with Gasteiger partial charge in [-0.2, -0.15) is 0 Å². The lowest BCUT2D eigenvalue weighted by Crippen LogP contribution is -2.20. The maximum Gasteiger partial charge on any atom is 0.0415 e.